The van der Waals surface area contributed by atoms with Gasteiger partial charge in [0.25, 0.3) is 5.91 Å². The van der Waals surface area contributed by atoms with Crippen molar-refractivity contribution >= 4 is 18.1 Å². The van der Waals surface area contributed by atoms with Crippen molar-refractivity contribution in [3.8, 4) is 0 Å². The number of quaternary nitrogens is 1. The average molecular weight is 334 g/mol. The van der Waals surface area contributed by atoms with Gasteiger partial charge in [-0.3, -0.25) is 9.36 Å². The molecule has 2 rings (SSSR count). The van der Waals surface area contributed by atoms with Gasteiger partial charge < -0.3 is 10.6 Å². The third kappa shape index (κ3) is 4.03. The number of primary amides is 1. The van der Waals surface area contributed by atoms with Crippen LogP contribution in [0.3, 0.4) is 0 Å². The zero-order valence-corrected chi connectivity index (χ0v) is 14.3. The first kappa shape index (κ1) is 17.3. The van der Waals surface area contributed by atoms with E-state index in [0.717, 1.165) is 28.3 Å². The van der Waals surface area contributed by atoms with Crippen LogP contribution in [-0.2, 0) is 13.2 Å². The highest BCUT2D eigenvalue weighted by molar-refractivity contribution is 7.71. The zero-order valence-electron chi connectivity index (χ0n) is 13.5. The lowest BCUT2D eigenvalue weighted by molar-refractivity contribution is -0.917. The molecule has 0 aliphatic carbocycles. The molecule has 0 bridgehead atoms. The van der Waals surface area contributed by atoms with E-state index in [2.05, 4.69) is 0 Å². The van der Waals surface area contributed by atoms with Crippen LogP contribution >= 0.6 is 12.2 Å². The lowest BCUT2D eigenvalue weighted by Gasteiger charge is -2.20. The number of aromatic nitrogens is 1. The van der Waals surface area contributed by atoms with Crippen LogP contribution in [0.2, 0.25) is 0 Å². The second-order valence-corrected chi connectivity index (χ2v) is 6.25. The van der Waals surface area contributed by atoms with Crippen LogP contribution < -0.4 is 10.6 Å². The number of nitrogens with one attached hydrogen (secondary N) is 1. The predicted octanol–water partition coefficient (Wildman–Crippen LogP) is 1.74. The van der Waals surface area contributed by atoms with Crippen molar-refractivity contribution in [2.45, 2.75) is 27.1 Å². The summed E-state index contributed by atoms with van der Waals surface area (Å²) in [7, 11) is 2.02. The zero-order chi connectivity index (χ0) is 17.1. The summed E-state index contributed by atoms with van der Waals surface area (Å²) in [6.45, 7) is 5.12. The molecule has 23 heavy (non-hydrogen) atoms. The van der Waals surface area contributed by atoms with Crippen molar-refractivity contribution in [1.29, 1.82) is 0 Å². The van der Waals surface area contributed by atoms with Gasteiger partial charge in [-0.05, 0) is 37.6 Å². The Labute approximate surface area is 140 Å². The fourth-order valence-electron chi connectivity index (χ4n) is 2.70. The molecule has 1 atom stereocenters. The number of rotatable bonds is 5. The molecule has 2 aromatic rings. The number of hydrogen-bond donors (Lipinski definition) is 2. The van der Waals surface area contributed by atoms with Crippen molar-refractivity contribution in [2.24, 2.45) is 5.73 Å². The van der Waals surface area contributed by atoms with Gasteiger partial charge in [0, 0.05) is 11.3 Å². The van der Waals surface area contributed by atoms with Gasteiger partial charge in [0.05, 0.1) is 12.6 Å². The molecular weight excluding hydrogens is 313 g/mol. The summed E-state index contributed by atoms with van der Waals surface area (Å²) in [6.07, 6.45) is 0. The van der Waals surface area contributed by atoms with Gasteiger partial charge in [-0.25, -0.2) is 4.39 Å². The number of aryl methyl sites for hydroxylation is 2. The number of hydrogen-bond acceptors (Lipinski definition) is 2. The summed E-state index contributed by atoms with van der Waals surface area (Å²) in [6, 6.07) is 8.37. The molecule has 0 radical (unpaired) electrons. The molecule has 122 valence electrons. The number of nitrogens with zero attached hydrogens (tertiary/aromatic N) is 1. The van der Waals surface area contributed by atoms with E-state index in [1.165, 1.54) is 12.1 Å². The highest BCUT2D eigenvalue weighted by Crippen LogP contribution is 2.13. The molecule has 0 aliphatic heterocycles. The number of nitrogens with two attached hydrogens (primary N) is 1. The Hall–Kier alpha value is -2.05. The molecule has 1 heterocycles. The molecule has 0 spiro atoms. The van der Waals surface area contributed by atoms with Crippen LogP contribution in [-0.4, -0.2) is 17.5 Å². The van der Waals surface area contributed by atoms with Gasteiger partial charge in [-0.15, -0.1) is 0 Å². The van der Waals surface area contributed by atoms with Crippen molar-refractivity contribution in [1.82, 2.24) is 4.57 Å². The minimum Gasteiger partial charge on any atom is -0.365 e. The molecule has 0 saturated heterocycles. The van der Waals surface area contributed by atoms with Crippen LogP contribution in [0.25, 0.3) is 0 Å². The van der Waals surface area contributed by atoms with Gasteiger partial charge in [-0.2, -0.15) is 0 Å². The average Bonchev–Trinajstić information content (AvgIpc) is 2.45. The predicted molar refractivity (Wildman–Crippen MR) is 90.2 cm³/mol. The summed E-state index contributed by atoms with van der Waals surface area (Å²) in [5.41, 5.74) is 8.66. The highest BCUT2D eigenvalue weighted by Gasteiger charge is 2.14. The van der Waals surface area contributed by atoms with Crippen molar-refractivity contribution in [2.75, 3.05) is 7.05 Å². The standard InChI is InChI=1S/C17H20FN3OS/c1-11-8-12(2)21(17(23)15(11)16(19)22)10-20(3)9-13-4-6-14(18)7-5-13/h4-8H,9-10H2,1-3H3,(H2,19,22)/p+1. The SMILES string of the molecule is Cc1cc(C)n(C[NH+](C)Cc2ccc(F)cc2)c(=S)c1C(N)=O. The Morgan fingerprint density at radius 3 is 2.48 bits per heavy atom. The van der Waals surface area contributed by atoms with Gasteiger partial charge in [0.2, 0.25) is 0 Å². The lowest BCUT2D eigenvalue weighted by Crippen LogP contribution is -3.07. The van der Waals surface area contributed by atoms with Crippen LogP contribution in [0.5, 0.6) is 0 Å². The third-order valence-electron chi connectivity index (χ3n) is 3.80. The largest absolute Gasteiger partial charge is 0.365 e. The molecule has 0 fully saturated rings. The first-order valence-electron chi connectivity index (χ1n) is 7.36. The molecule has 1 unspecified atom stereocenters. The Balaban J connectivity index is 2.25. The molecule has 1 aromatic heterocycles. The molecular formula is C17H21FN3OS+. The monoisotopic (exact) mass is 334 g/mol. The van der Waals surface area contributed by atoms with Crippen LogP contribution in [0, 0.1) is 24.3 Å². The Bertz CT molecular complexity index is 784. The second kappa shape index (κ2) is 7.02. The highest BCUT2D eigenvalue weighted by atomic mass is 32.1. The number of pyridine rings is 1. The Morgan fingerprint density at radius 1 is 1.30 bits per heavy atom. The first-order valence-corrected chi connectivity index (χ1v) is 7.77. The van der Waals surface area contributed by atoms with E-state index >= 15 is 0 Å². The van der Waals surface area contributed by atoms with E-state index in [9.17, 15) is 9.18 Å². The first-order chi connectivity index (χ1) is 10.8. The van der Waals surface area contributed by atoms with E-state index in [-0.39, 0.29) is 5.82 Å². The fraction of sp³-hybridized carbons (Fsp3) is 0.294. The Kier molecular flexibility index (Phi) is 5.28. The van der Waals surface area contributed by atoms with Crippen LogP contribution in [0.4, 0.5) is 4.39 Å². The van der Waals surface area contributed by atoms with Crippen molar-refractivity contribution in [3.05, 3.63) is 63.2 Å². The molecule has 0 aliphatic rings. The van der Waals surface area contributed by atoms with E-state index in [4.69, 9.17) is 18.0 Å². The summed E-state index contributed by atoms with van der Waals surface area (Å²) in [4.78, 5) is 12.8. The van der Waals surface area contributed by atoms with E-state index < -0.39 is 5.91 Å². The summed E-state index contributed by atoms with van der Waals surface area (Å²) in [5, 5.41) is 0. The van der Waals surface area contributed by atoms with Gasteiger partial charge in [0.1, 0.15) is 17.0 Å². The maximum absolute atomic E-state index is 13.0. The maximum atomic E-state index is 13.0. The van der Waals surface area contributed by atoms with Crippen LogP contribution in [0.15, 0.2) is 30.3 Å². The normalized spacial score (nSPS) is 12.2. The van der Waals surface area contributed by atoms with Crippen LogP contribution in [0.1, 0.15) is 27.2 Å². The number of amides is 1. The number of halogens is 1. The smallest absolute Gasteiger partial charge is 0.251 e. The lowest BCUT2D eigenvalue weighted by atomic mass is 10.1. The maximum Gasteiger partial charge on any atom is 0.251 e. The van der Waals surface area contributed by atoms with Gasteiger partial charge >= 0.3 is 0 Å². The molecule has 1 aromatic carbocycles. The summed E-state index contributed by atoms with van der Waals surface area (Å²) < 4.78 is 15.4. The molecule has 4 nitrogen and oxygen atoms in total. The molecule has 1 amide bonds. The number of carbonyl (C=O) groups excluding carboxylic acids is 1. The minimum atomic E-state index is -0.502. The van der Waals surface area contributed by atoms with Gasteiger partial charge in [-0.1, -0.05) is 24.4 Å². The molecule has 3 N–H and O–H groups in total. The molecule has 0 saturated carbocycles. The number of benzene rings is 1. The quantitative estimate of drug-likeness (QED) is 0.819. The van der Waals surface area contributed by atoms with E-state index in [1.54, 1.807) is 12.1 Å². The topological polar surface area (TPSA) is 52.5 Å². The van der Waals surface area contributed by atoms with E-state index in [0.29, 0.717) is 16.9 Å². The Morgan fingerprint density at radius 2 is 1.91 bits per heavy atom. The summed E-state index contributed by atoms with van der Waals surface area (Å²) in [5.74, 6) is -0.744. The minimum absolute atomic E-state index is 0.242. The number of carbonyl (C=O) groups is 1. The third-order valence-corrected chi connectivity index (χ3v) is 4.22. The van der Waals surface area contributed by atoms with E-state index in [1.807, 2.05) is 31.5 Å². The summed E-state index contributed by atoms with van der Waals surface area (Å²) >= 11 is 5.44. The molecule has 6 heteroatoms. The second-order valence-electron chi connectivity index (χ2n) is 5.86. The fourth-order valence-corrected chi connectivity index (χ4v) is 3.17. The van der Waals surface area contributed by atoms with Crippen molar-refractivity contribution in [3.63, 3.8) is 0 Å². The van der Waals surface area contributed by atoms with Crippen molar-refractivity contribution < 1.29 is 14.1 Å². The van der Waals surface area contributed by atoms with Gasteiger partial charge in [0.15, 0.2) is 6.67 Å².